The summed E-state index contributed by atoms with van der Waals surface area (Å²) in [6, 6.07) is 4.11. The van der Waals surface area contributed by atoms with Crippen molar-refractivity contribution in [3.8, 4) is 10.7 Å². The van der Waals surface area contributed by atoms with Gasteiger partial charge in [-0.15, -0.1) is 11.3 Å². The van der Waals surface area contributed by atoms with Gasteiger partial charge in [-0.2, -0.15) is 0 Å². The van der Waals surface area contributed by atoms with Crippen molar-refractivity contribution in [3.05, 3.63) is 28.3 Å². The van der Waals surface area contributed by atoms with Crippen LogP contribution in [0.4, 0.5) is 5.82 Å². The largest absolute Gasteiger partial charge is 0.383 e. The minimum atomic E-state index is 0.533. The zero-order valence-electron chi connectivity index (χ0n) is 9.56. The Morgan fingerprint density at radius 1 is 1.35 bits per heavy atom. The van der Waals surface area contributed by atoms with Crippen LogP contribution in [-0.4, -0.2) is 16.6 Å². The highest BCUT2D eigenvalue weighted by Crippen LogP contribution is 2.28. The number of nitrogen functional groups attached to an aromatic ring is 1. The van der Waals surface area contributed by atoms with Gasteiger partial charge in [0, 0.05) is 16.9 Å². The number of nitrogens with two attached hydrogens (primary N) is 1. The van der Waals surface area contributed by atoms with E-state index in [0.29, 0.717) is 19.0 Å². The highest BCUT2D eigenvalue weighted by Gasteiger charge is 2.17. The van der Waals surface area contributed by atoms with E-state index in [1.807, 2.05) is 6.07 Å². The first-order chi connectivity index (χ1) is 8.24. The maximum atomic E-state index is 5.96. The van der Waals surface area contributed by atoms with Crippen LogP contribution in [0.25, 0.3) is 10.7 Å². The zero-order valence-corrected chi connectivity index (χ0v) is 10.4. The molecule has 0 radical (unpaired) electrons. The molecular formula is C12H13N3OS. The van der Waals surface area contributed by atoms with Gasteiger partial charge in [0.05, 0.1) is 23.8 Å². The average molecular weight is 247 g/mol. The molecule has 0 amide bonds. The van der Waals surface area contributed by atoms with Gasteiger partial charge in [-0.3, -0.25) is 0 Å². The van der Waals surface area contributed by atoms with E-state index in [0.717, 1.165) is 28.4 Å². The molecule has 0 aliphatic carbocycles. The molecule has 0 saturated heterocycles. The van der Waals surface area contributed by atoms with Crippen molar-refractivity contribution in [1.82, 2.24) is 9.97 Å². The third-order valence-electron chi connectivity index (χ3n) is 2.82. The smallest absolute Gasteiger partial charge is 0.171 e. The van der Waals surface area contributed by atoms with Gasteiger partial charge < -0.3 is 10.5 Å². The van der Waals surface area contributed by atoms with Crippen molar-refractivity contribution in [2.45, 2.75) is 20.0 Å². The third kappa shape index (κ3) is 1.92. The first kappa shape index (κ1) is 10.7. The number of anilines is 1. The van der Waals surface area contributed by atoms with E-state index < -0.39 is 0 Å². The predicted octanol–water partition coefficient (Wildman–Crippen LogP) is 2.17. The molecule has 5 heteroatoms. The Morgan fingerprint density at radius 3 is 3.00 bits per heavy atom. The average Bonchev–Trinajstić information content (AvgIpc) is 2.76. The Balaban J connectivity index is 2.10. The summed E-state index contributed by atoms with van der Waals surface area (Å²) in [5.74, 6) is 1.29. The Morgan fingerprint density at radius 2 is 2.24 bits per heavy atom. The number of nitrogens with zero attached hydrogens (tertiary/aromatic N) is 2. The molecule has 0 saturated carbocycles. The van der Waals surface area contributed by atoms with Crippen LogP contribution in [0.3, 0.4) is 0 Å². The Kier molecular flexibility index (Phi) is 2.57. The molecule has 0 aromatic carbocycles. The zero-order chi connectivity index (χ0) is 11.8. The third-order valence-corrected chi connectivity index (χ3v) is 3.81. The van der Waals surface area contributed by atoms with Gasteiger partial charge >= 0.3 is 0 Å². The van der Waals surface area contributed by atoms with Crippen molar-refractivity contribution >= 4 is 17.2 Å². The SMILES string of the molecule is Cc1ccc(-c2nc(N)c3c(n2)CCOC3)s1. The van der Waals surface area contributed by atoms with Crippen LogP contribution in [0.5, 0.6) is 0 Å². The highest BCUT2D eigenvalue weighted by atomic mass is 32.1. The second kappa shape index (κ2) is 4.09. The second-order valence-corrected chi connectivity index (χ2v) is 5.36. The first-order valence-electron chi connectivity index (χ1n) is 5.54. The second-order valence-electron chi connectivity index (χ2n) is 4.07. The number of hydrogen-bond acceptors (Lipinski definition) is 5. The maximum absolute atomic E-state index is 5.96. The molecule has 0 spiro atoms. The van der Waals surface area contributed by atoms with E-state index >= 15 is 0 Å². The van der Waals surface area contributed by atoms with Crippen LogP contribution in [0.2, 0.25) is 0 Å². The Bertz CT molecular complexity index is 565. The summed E-state index contributed by atoms with van der Waals surface area (Å²) >= 11 is 1.69. The van der Waals surface area contributed by atoms with Gasteiger partial charge in [-0.1, -0.05) is 0 Å². The van der Waals surface area contributed by atoms with E-state index in [1.54, 1.807) is 11.3 Å². The van der Waals surface area contributed by atoms with Gasteiger partial charge in [-0.05, 0) is 19.1 Å². The number of thiophene rings is 1. The molecule has 3 heterocycles. The van der Waals surface area contributed by atoms with Crippen LogP contribution in [0, 0.1) is 6.92 Å². The standard InChI is InChI=1S/C12H13N3OS/c1-7-2-3-10(17-7)12-14-9-4-5-16-6-8(9)11(13)15-12/h2-3H,4-6H2,1H3,(H2,13,14,15). The fourth-order valence-corrected chi connectivity index (χ4v) is 2.72. The molecule has 17 heavy (non-hydrogen) atoms. The molecule has 0 atom stereocenters. The van der Waals surface area contributed by atoms with Crippen LogP contribution >= 0.6 is 11.3 Å². The maximum Gasteiger partial charge on any atom is 0.171 e. The lowest BCUT2D eigenvalue weighted by Gasteiger charge is -2.17. The lowest BCUT2D eigenvalue weighted by atomic mass is 10.1. The molecule has 0 fully saturated rings. The summed E-state index contributed by atoms with van der Waals surface area (Å²) in [6.45, 7) is 3.32. The van der Waals surface area contributed by atoms with Crippen molar-refractivity contribution in [2.24, 2.45) is 0 Å². The lowest BCUT2D eigenvalue weighted by Crippen LogP contribution is -2.15. The monoisotopic (exact) mass is 247 g/mol. The molecule has 1 aliphatic rings. The normalized spacial score (nSPS) is 14.6. The summed E-state index contributed by atoms with van der Waals surface area (Å²) in [6.07, 6.45) is 0.819. The number of hydrogen-bond donors (Lipinski definition) is 1. The van der Waals surface area contributed by atoms with Crippen LogP contribution in [-0.2, 0) is 17.8 Å². The number of aryl methyl sites for hydroxylation is 1. The van der Waals surface area contributed by atoms with Crippen LogP contribution in [0.1, 0.15) is 16.1 Å². The summed E-state index contributed by atoms with van der Waals surface area (Å²) in [7, 11) is 0. The number of ether oxygens (including phenoxy) is 1. The minimum Gasteiger partial charge on any atom is -0.383 e. The molecule has 4 nitrogen and oxygen atoms in total. The van der Waals surface area contributed by atoms with Gasteiger partial charge in [0.15, 0.2) is 5.82 Å². The van der Waals surface area contributed by atoms with E-state index in [-0.39, 0.29) is 0 Å². The topological polar surface area (TPSA) is 61.0 Å². The van der Waals surface area contributed by atoms with Crippen molar-refractivity contribution in [1.29, 1.82) is 0 Å². The van der Waals surface area contributed by atoms with Crippen LogP contribution < -0.4 is 5.73 Å². The van der Waals surface area contributed by atoms with Gasteiger partial charge in [0.25, 0.3) is 0 Å². The lowest BCUT2D eigenvalue weighted by molar-refractivity contribution is 0.109. The Hall–Kier alpha value is -1.46. The summed E-state index contributed by atoms with van der Waals surface area (Å²) in [5.41, 5.74) is 7.94. The predicted molar refractivity (Wildman–Crippen MR) is 67.9 cm³/mol. The van der Waals surface area contributed by atoms with E-state index in [1.165, 1.54) is 4.88 Å². The van der Waals surface area contributed by atoms with Crippen molar-refractivity contribution in [3.63, 3.8) is 0 Å². The molecule has 0 unspecified atom stereocenters. The highest BCUT2D eigenvalue weighted by molar-refractivity contribution is 7.15. The number of fused-ring (bicyclic) bond motifs is 1. The molecule has 88 valence electrons. The van der Waals surface area contributed by atoms with E-state index in [9.17, 15) is 0 Å². The summed E-state index contributed by atoms with van der Waals surface area (Å²) in [4.78, 5) is 11.3. The molecule has 3 rings (SSSR count). The fourth-order valence-electron chi connectivity index (χ4n) is 1.92. The molecule has 2 aromatic heterocycles. The fraction of sp³-hybridized carbons (Fsp3) is 0.333. The molecule has 0 bridgehead atoms. The van der Waals surface area contributed by atoms with Crippen molar-refractivity contribution < 1.29 is 4.74 Å². The molecule has 1 aliphatic heterocycles. The van der Waals surface area contributed by atoms with E-state index in [4.69, 9.17) is 10.5 Å². The minimum absolute atomic E-state index is 0.533. The van der Waals surface area contributed by atoms with Gasteiger partial charge in [0.1, 0.15) is 5.82 Å². The van der Waals surface area contributed by atoms with E-state index in [2.05, 4.69) is 23.0 Å². The van der Waals surface area contributed by atoms with Crippen molar-refractivity contribution in [2.75, 3.05) is 12.3 Å². The number of rotatable bonds is 1. The van der Waals surface area contributed by atoms with Crippen LogP contribution in [0.15, 0.2) is 12.1 Å². The Labute approximate surface area is 103 Å². The molecular weight excluding hydrogens is 234 g/mol. The molecule has 2 aromatic rings. The summed E-state index contributed by atoms with van der Waals surface area (Å²) < 4.78 is 5.37. The number of aromatic nitrogens is 2. The van der Waals surface area contributed by atoms with Gasteiger partial charge in [-0.25, -0.2) is 9.97 Å². The summed E-state index contributed by atoms with van der Waals surface area (Å²) in [5, 5.41) is 0. The first-order valence-corrected chi connectivity index (χ1v) is 6.35. The van der Waals surface area contributed by atoms with Gasteiger partial charge in [0.2, 0.25) is 0 Å². The molecule has 2 N–H and O–H groups in total. The quantitative estimate of drug-likeness (QED) is 0.839.